The maximum atomic E-state index is 11.7. The molecule has 0 aliphatic carbocycles. The van der Waals surface area contributed by atoms with E-state index in [0.717, 1.165) is 38.4 Å². The number of rotatable bonds is 3. The van der Waals surface area contributed by atoms with E-state index in [1.807, 2.05) is 4.90 Å². The highest BCUT2D eigenvalue weighted by Crippen LogP contribution is 2.26. The van der Waals surface area contributed by atoms with E-state index < -0.39 is 0 Å². The van der Waals surface area contributed by atoms with Gasteiger partial charge in [0.05, 0.1) is 6.54 Å². The van der Waals surface area contributed by atoms with E-state index in [-0.39, 0.29) is 0 Å². The molecule has 2 aliphatic rings. The zero-order valence-corrected chi connectivity index (χ0v) is 10.2. The first-order valence-corrected chi connectivity index (χ1v) is 6.62. The van der Waals surface area contributed by atoms with Gasteiger partial charge in [0.1, 0.15) is 0 Å². The third-order valence-electron chi connectivity index (χ3n) is 3.90. The van der Waals surface area contributed by atoms with Crippen LogP contribution in [0.3, 0.4) is 0 Å². The molecule has 3 nitrogen and oxygen atoms in total. The highest BCUT2D eigenvalue weighted by molar-refractivity contribution is 5.77. The Morgan fingerprint density at radius 2 is 2.12 bits per heavy atom. The van der Waals surface area contributed by atoms with Gasteiger partial charge in [-0.1, -0.05) is 6.92 Å². The number of hydrogen-bond donors (Lipinski definition) is 1. The van der Waals surface area contributed by atoms with Crippen LogP contribution in [0.4, 0.5) is 0 Å². The summed E-state index contributed by atoms with van der Waals surface area (Å²) in [6.45, 7) is 7.66. The summed E-state index contributed by atoms with van der Waals surface area (Å²) in [6.07, 6.45) is 5.49. The van der Waals surface area contributed by atoms with Crippen molar-refractivity contribution in [3.05, 3.63) is 6.54 Å². The van der Waals surface area contributed by atoms with Gasteiger partial charge < -0.3 is 10.2 Å². The fraction of sp³-hybridized carbons (Fsp3) is 0.846. The average Bonchev–Trinajstić information content (AvgIpc) is 2.33. The smallest absolute Gasteiger partial charge is 0.222 e. The second-order valence-corrected chi connectivity index (χ2v) is 5.14. The molecular formula is C13H23N2O. The number of amides is 1. The van der Waals surface area contributed by atoms with Crippen LogP contribution in [0.5, 0.6) is 0 Å². The number of nitrogens with one attached hydrogen (secondary N) is 1. The van der Waals surface area contributed by atoms with Crippen molar-refractivity contribution in [2.24, 2.45) is 11.8 Å². The van der Waals surface area contributed by atoms with Gasteiger partial charge in [-0.15, -0.1) is 0 Å². The number of nitrogens with zero attached hydrogens (tertiary/aromatic N) is 1. The molecule has 2 aliphatic heterocycles. The maximum Gasteiger partial charge on any atom is 0.222 e. The summed E-state index contributed by atoms with van der Waals surface area (Å²) in [5.41, 5.74) is 0. The Labute approximate surface area is 98.6 Å². The van der Waals surface area contributed by atoms with Crippen LogP contribution in [0.25, 0.3) is 0 Å². The van der Waals surface area contributed by atoms with Crippen LogP contribution < -0.4 is 5.32 Å². The molecule has 0 aromatic rings. The topological polar surface area (TPSA) is 32.3 Å². The maximum absolute atomic E-state index is 11.7. The molecule has 1 radical (unpaired) electrons. The summed E-state index contributed by atoms with van der Waals surface area (Å²) in [4.78, 5) is 13.7. The quantitative estimate of drug-likeness (QED) is 0.791. The standard InChI is InChI=1S/C13H23N2O/c1-11(12-5-7-14-8-6-12)10-15-9-3-2-4-13(15)16/h10-12,14H,2-9H2,1H3/t11-/m0/s1. The van der Waals surface area contributed by atoms with Gasteiger partial charge >= 0.3 is 0 Å². The molecule has 0 aromatic heterocycles. The molecule has 0 aromatic carbocycles. The molecule has 1 atom stereocenters. The zero-order chi connectivity index (χ0) is 11.4. The van der Waals surface area contributed by atoms with Crippen molar-refractivity contribution < 1.29 is 4.79 Å². The number of piperidine rings is 2. The summed E-state index contributed by atoms with van der Waals surface area (Å²) in [7, 11) is 0. The third-order valence-corrected chi connectivity index (χ3v) is 3.90. The van der Waals surface area contributed by atoms with E-state index in [9.17, 15) is 4.79 Å². The summed E-state index contributed by atoms with van der Waals surface area (Å²) in [5, 5.41) is 3.39. The van der Waals surface area contributed by atoms with Crippen LogP contribution in [0.15, 0.2) is 0 Å². The lowest BCUT2D eigenvalue weighted by atomic mass is 9.85. The lowest BCUT2D eigenvalue weighted by molar-refractivity contribution is -0.132. The van der Waals surface area contributed by atoms with E-state index >= 15 is 0 Å². The van der Waals surface area contributed by atoms with E-state index in [1.165, 1.54) is 19.3 Å². The first kappa shape index (κ1) is 11.9. The number of hydrogen-bond acceptors (Lipinski definition) is 2. The van der Waals surface area contributed by atoms with Crippen molar-refractivity contribution in [1.29, 1.82) is 0 Å². The fourth-order valence-corrected chi connectivity index (χ4v) is 2.76. The van der Waals surface area contributed by atoms with Gasteiger partial charge in [0.2, 0.25) is 5.91 Å². The second kappa shape index (κ2) is 5.67. The Balaban J connectivity index is 1.80. The predicted octanol–water partition coefficient (Wildman–Crippen LogP) is 1.80. The van der Waals surface area contributed by atoms with Crippen molar-refractivity contribution in [2.45, 2.75) is 39.0 Å². The van der Waals surface area contributed by atoms with Crippen LogP contribution in [0, 0.1) is 18.4 Å². The lowest BCUT2D eigenvalue weighted by Gasteiger charge is -2.33. The number of carbonyl (C=O) groups is 1. The second-order valence-electron chi connectivity index (χ2n) is 5.14. The van der Waals surface area contributed by atoms with Crippen molar-refractivity contribution in [2.75, 3.05) is 19.6 Å². The van der Waals surface area contributed by atoms with Crippen LogP contribution in [0.1, 0.15) is 39.0 Å². The Hall–Kier alpha value is -0.570. The summed E-state index contributed by atoms with van der Waals surface area (Å²) < 4.78 is 0. The van der Waals surface area contributed by atoms with Gasteiger partial charge in [-0.2, -0.15) is 0 Å². The van der Waals surface area contributed by atoms with Crippen molar-refractivity contribution >= 4 is 5.91 Å². The summed E-state index contributed by atoms with van der Waals surface area (Å²) in [6, 6.07) is 0. The van der Waals surface area contributed by atoms with E-state index in [4.69, 9.17) is 0 Å². The number of carbonyl (C=O) groups excluding carboxylic acids is 1. The largest absolute Gasteiger partial charge is 0.337 e. The molecule has 0 saturated carbocycles. The molecule has 0 bridgehead atoms. The predicted molar refractivity (Wildman–Crippen MR) is 64.6 cm³/mol. The molecule has 3 heteroatoms. The van der Waals surface area contributed by atoms with Crippen molar-refractivity contribution in [1.82, 2.24) is 10.2 Å². The highest BCUT2D eigenvalue weighted by atomic mass is 16.2. The minimum absolute atomic E-state index is 0.326. The Bertz CT molecular complexity index is 236. The third kappa shape index (κ3) is 2.97. The van der Waals surface area contributed by atoms with Gasteiger partial charge in [0.25, 0.3) is 0 Å². The molecule has 2 heterocycles. The van der Waals surface area contributed by atoms with Crippen LogP contribution in [-0.4, -0.2) is 30.4 Å². The molecule has 1 N–H and O–H groups in total. The van der Waals surface area contributed by atoms with E-state index in [1.54, 1.807) is 0 Å². The van der Waals surface area contributed by atoms with Gasteiger partial charge in [0, 0.05) is 13.0 Å². The Morgan fingerprint density at radius 3 is 2.81 bits per heavy atom. The van der Waals surface area contributed by atoms with Crippen LogP contribution in [0.2, 0.25) is 0 Å². The van der Waals surface area contributed by atoms with Crippen LogP contribution in [-0.2, 0) is 4.79 Å². The average molecular weight is 223 g/mol. The first-order chi connectivity index (χ1) is 7.77. The molecular weight excluding hydrogens is 200 g/mol. The molecule has 1 amide bonds. The van der Waals surface area contributed by atoms with E-state index in [0.29, 0.717) is 11.8 Å². The molecule has 91 valence electrons. The molecule has 2 saturated heterocycles. The lowest BCUT2D eigenvalue weighted by Crippen LogP contribution is -2.38. The minimum atomic E-state index is 0.326. The van der Waals surface area contributed by atoms with Gasteiger partial charge in [-0.3, -0.25) is 4.79 Å². The fourth-order valence-electron chi connectivity index (χ4n) is 2.76. The molecule has 0 spiro atoms. The van der Waals surface area contributed by atoms with Gasteiger partial charge in [-0.25, -0.2) is 0 Å². The Morgan fingerprint density at radius 1 is 1.38 bits per heavy atom. The Kier molecular flexibility index (Phi) is 4.22. The molecule has 16 heavy (non-hydrogen) atoms. The molecule has 2 rings (SSSR count). The first-order valence-electron chi connectivity index (χ1n) is 6.62. The van der Waals surface area contributed by atoms with Gasteiger partial charge in [-0.05, 0) is 50.6 Å². The molecule has 0 unspecified atom stereocenters. The summed E-state index contributed by atoms with van der Waals surface area (Å²) >= 11 is 0. The van der Waals surface area contributed by atoms with Crippen molar-refractivity contribution in [3.63, 3.8) is 0 Å². The van der Waals surface area contributed by atoms with Crippen LogP contribution >= 0.6 is 0 Å². The van der Waals surface area contributed by atoms with Gasteiger partial charge in [0.15, 0.2) is 0 Å². The molecule has 2 fully saturated rings. The van der Waals surface area contributed by atoms with Crippen molar-refractivity contribution in [3.8, 4) is 0 Å². The normalized spacial score (nSPS) is 25.8. The SMILES string of the molecule is C[C@@H]([CH]N1CCCCC1=O)C1CCNCC1. The highest BCUT2D eigenvalue weighted by Gasteiger charge is 2.25. The summed E-state index contributed by atoms with van der Waals surface area (Å²) in [5.74, 6) is 1.63. The monoisotopic (exact) mass is 223 g/mol. The zero-order valence-electron chi connectivity index (χ0n) is 10.2. The minimum Gasteiger partial charge on any atom is -0.337 e. The number of likely N-dealkylation sites (tertiary alicyclic amines) is 1. The van der Waals surface area contributed by atoms with E-state index in [2.05, 4.69) is 18.8 Å².